The molecular formula is C18H15BrN2O3S. The van der Waals surface area contributed by atoms with E-state index in [-0.39, 0.29) is 17.8 Å². The molecule has 2 amide bonds. The lowest BCUT2D eigenvalue weighted by molar-refractivity contribution is -0.122. The van der Waals surface area contributed by atoms with Crippen LogP contribution in [0.4, 0.5) is 10.5 Å². The van der Waals surface area contributed by atoms with Gasteiger partial charge in [0, 0.05) is 10.2 Å². The van der Waals surface area contributed by atoms with Gasteiger partial charge in [-0.15, -0.1) is 0 Å². The number of nitrogens with zero attached hydrogens (tertiary/aromatic N) is 1. The number of anilines is 1. The molecule has 1 heterocycles. The lowest BCUT2D eigenvalue weighted by Crippen LogP contribution is -2.33. The lowest BCUT2D eigenvalue weighted by atomic mass is 10.2. The van der Waals surface area contributed by atoms with Gasteiger partial charge in [0.15, 0.2) is 0 Å². The molecule has 5 nitrogen and oxygen atoms in total. The van der Waals surface area contributed by atoms with Crippen molar-refractivity contribution >= 4 is 50.6 Å². The Balaban J connectivity index is 1.73. The average molecular weight is 419 g/mol. The van der Waals surface area contributed by atoms with E-state index in [4.69, 9.17) is 4.74 Å². The monoisotopic (exact) mass is 418 g/mol. The summed E-state index contributed by atoms with van der Waals surface area (Å²) in [5.74, 6) is 0.390. The third kappa shape index (κ3) is 4.05. The second kappa shape index (κ2) is 7.76. The fourth-order valence-corrected chi connectivity index (χ4v) is 3.55. The summed E-state index contributed by atoms with van der Waals surface area (Å²) in [4.78, 5) is 26.3. The molecule has 0 radical (unpaired) electrons. The van der Waals surface area contributed by atoms with Crippen LogP contribution in [0.15, 0.2) is 57.9 Å². The number of para-hydroxylation sites is 1. The van der Waals surface area contributed by atoms with Crippen LogP contribution in [0.2, 0.25) is 0 Å². The van der Waals surface area contributed by atoms with E-state index in [1.54, 1.807) is 13.2 Å². The maximum atomic E-state index is 12.5. The minimum Gasteiger partial charge on any atom is -0.497 e. The van der Waals surface area contributed by atoms with Crippen LogP contribution in [0.1, 0.15) is 5.56 Å². The number of hydrogen-bond acceptors (Lipinski definition) is 5. The molecule has 1 fully saturated rings. The van der Waals surface area contributed by atoms with Gasteiger partial charge in [0.1, 0.15) is 5.75 Å². The fraction of sp³-hybridized carbons (Fsp3) is 0.111. The molecule has 0 atom stereocenters. The Morgan fingerprint density at radius 3 is 2.76 bits per heavy atom. The number of rotatable bonds is 5. The number of amides is 2. The van der Waals surface area contributed by atoms with Gasteiger partial charge in [0.05, 0.1) is 18.7 Å². The van der Waals surface area contributed by atoms with Crippen LogP contribution in [0.3, 0.4) is 0 Å². The molecular weight excluding hydrogens is 404 g/mol. The molecule has 7 heteroatoms. The molecule has 0 spiro atoms. The highest BCUT2D eigenvalue weighted by Crippen LogP contribution is 2.33. The average Bonchev–Trinajstić information content (AvgIpc) is 2.88. The smallest absolute Gasteiger partial charge is 0.295 e. The van der Waals surface area contributed by atoms with E-state index >= 15 is 0 Å². The topological polar surface area (TPSA) is 58.6 Å². The molecule has 25 heavy (non-hydrogen) atoms. The van der Waals surface area contributed by atoms with Gasteiger partial charge in [-0.2, -0.15) is 0 Å². The maximum Gasteiger partial charge on any atom is 0.295 e. The number of hydrogen-bond donors (Lipinski definition) is 1. The molecule has 0 aliphatic carbocycles. The number of thioether (sulfide) groups is 1. The number of ether oxygens (including phenoxy) is 1. The molecule has 2 aromatic rings. The van der Waals surface area contributed by atoms with Crippen molar-refractivity contribution in [3.8, 4) is 5.75 Å². The van der Waals surface area contributed by atoms with E-state index in [1.807, 2.05) is 48.5 Å². The van der Waals surface area contributed by atoms with Crippen molar-refractivity contribution in [2.24, 2.45) is 0 Å². The largest absolute Gasteiger partial charge is 0.497 e. The van der Waals surface area contributed by atoms with Crippen LogP contribution in [0.25, 0.3) is 6.08 Å². The summed E-state index contributed by atoms with van der Waals surface area (Å²) in [6, 6.07) is 14.9. The van der Waals surface area contributed by atoms with Crippen molar-refractivity contribution in [3.63, 3.8) is 0 Å². The number of nitrogens with one attached hydrogen (secondary N) is 1. The van der Waals surface area contributed by atoms with Crippen LogP contribution in [0, 0.1) is 0 Å². The Morgan fingerprint density at radius 2 is 2.00 bits per heavy atom. The normalized spacial score (nSPS) is 15.8. The summed E-state index contributed by atoms with van der Waals surface area (Å²) >= 11 is 4.36. The summed E-state index contributed by atoms with van der Waals surface area (Å²) in [5, 5.41) is 2.80. The predicted molar refractivity (Wildman–Crippen MR) is 103 cm³/mol. The molecule has 1 N–H and O–H groups in total. The van der Waals surface area contributed by atoms with Gasteiger partial charge in [-0.1, -0.05) is 24.3 Å². The first-order valence-corrected chi connectivity index (χ1v) is 9.07. The van der Waals surface area contributed by atoms with Crippen LogP contribution in [-0.4, -0.2) is 29.8 Å². The first-order chi connectivity index (χ1) is 12.1. The summed E-state index contributed by atoms with van der Waals surface area (Å²) in [5.41, 5.74) is 1.63. The molecule has 128 valence electrons. The molecule has 2 aromatic carbocycles. The molecule has 0 aromatic heterocycles. The van der Waals surface area contributed by atoms with Crippen molar-refractivity contribution in [2.45, 2.75) is 0 Å². The van der Waals surface area contributed by atoms with Crippen LogP contribution >= 0.6 is 27.7 Å². The maximum absolute atomic E-state index is 12.5. The minimum atomic E-state index is -0.308. The highest BCUT2D eigenvalue weighted by atomic mass is 79.9. The van der Waals surface area contributed by atoms with Crippen molar-refractivity contribution in [1.82, 2.24) is 4.90 Å². The standard InChI is InChI=1S/C18H15BrN2O3S/c1-24-13-6-4-5-12(9-13)10-16-17(22)21(18(23)25-16)11-20-15-8-3-2-7-14(15)19/h2-10,20H,11H2,1H3. The lowest BCUT2D eigenvalue weighted by Gasteiger charge is -2.15. The second-order valence-corrected chi connectivity index (χ2v) is 7.05. The summed E-state index contributed by atoms with van der Waals surface area (Å²) in [6.45, 7) is 0.114. The fourth-order valence-electron chi connectivity index (χ4n) is 2.29. The quantitative estimate of drug-likeness (QED) is 0.720. The first kappa shape index (κ1) is 17.6. The zero-order chi connectivity index (χ0) is 17.8. The van der Waals surface area contributed by atoms with E-state index in [9.17, 15) is 9.59 Å². The van der Waals surface area contributed by atoms with Gasteiger partial charge in [-0.05, 0) is 63.6 Å². The van der Waals surface area contributed by atoms with Crippen LogP contribution in [0.5, 0.6) is 5.75 Å². The number of benzene rings is 2. The summed E-state index contributed by atoms with van der Waals surface area (Å²) in [6.07, 6.45) is 1.70. The SMILES string of the molecule is COc1cccc(C=C2SC(=O)N(CNc3ccccc3Br)C2=O)c1. The molecule has 0 unspecified atom stereocenters. The van der Waals surface area contributed by atoms with E-state index in [2.05, 4.69) is 21.2 Å². The first-order valence-electron chi connectivity index (χ1n) is 7.46. The Labute approximate surface area is 158 Å². The number of carbonyl (C=O) groups is 2. The highest BCUT2D eigenvalue weighted by Gasteiger charge is 2.34. The van der Waals surface area contributed by atoms with Crippen molar-refractivity contribution in [2.75, 3.05) is 19.1 Å². The van der Waals surface area contributed by atoms with Gasteiger partial charge in [-0.25, -0.2) is 0 Å². The minimum absolute atomic E-state index is 0.114. The number of imide groups is 1. The van der Waals surface area contributed by atoms with E-state index < -0.39 is 0 Å². The predicted octanol–water partition coefficient (Wildman–Crippen LogP) is 4.56. The highest BCUT2D eigenvalue weighted by molar-refractivity contribution is 9.10. The Kier molecular flexibility index (Phi) is 5.45. The van der Waals surface area contributed by atoms with Gasteiger partial charge in [0.2, 0.25) is 0 Å². The molecule has 3 rings (SSSR count). The Bertz CT molecular complexity index is 854. The van der Waals surface area contributed by atoms with E-state index in [0.717, 1.165) is 27.5 Å². The molecule has 0 saturated carbocycles. The van der Waals surface area contributed by atoms with E-state index in [0.29, 0.717) is 10.7 Å². The van der Waals surface area contributed by atoms with E-state index in [1.165, 1.54) is 4.90 Å². The third-order valence-electron chi connectivity index (χ3n) is 3.57. The summed E-state index contributed by atoms with van der Waals surface area (Å²) < 4.78 is 6.04. The molecule has 1 saturated heterocycles. The number of methoxy groups -OCH3 is 1. The second-order valence-electron chi connectivity index (χ2n) is 5.20. The van der Waals surface area contributed by atoms with Gasteiger partial charge in [-0.3, -0.25) is 14.5 Å². The molecule has 1 aliphatic heterocycles. The number of carbonyl (C=O) groups excluding carboxylic acids is 2. The van der Waals surface area contributed by atoms with Gasteiger partial charge in [0.25, 0.3) is 11.1 Å². The van der Waals surface area contributed by atoms with Gasteiger partial charge < -0.3 is 10.1 Å². The zero-order valence-corrected chi connectivity index (χ0v) is 15.8. The molecule has 0 bridgehead atoms. The van der Waals surface area contributed by atoms with Crippen LogP contribution < -0.4 is 10.1 Å². The molecule has 1 aliphatic rings. The van der Waals surface area contributed by atoms with Crippen molar-refractivity contribution in [3.05, 3.63) is 63.5 Å². The number of halogens is 1. The summed E-state index contributed by atoms with van der Waals surface area (Å²) in [7, 11) is 1.58. The Morgan fingerprint density at radius 1 is 1.20 bits per heavy atom. The van der Waals surface area contributed by atoms with Crippen molar-refractivity contribution < 1.29 is 14.3 Å². The third-order valence-corrected chi connectivity index (χ3v) is 5.17. The zero-order valence-electron chi connectivity index (χ0n) is 13.4. The van der Waals surface area contributed by atoms with Crippen molar-refractivity contribution in [1.29, 1.82) is 0 Å². The Hall–Kier alpha value is -2.25. The van der Waals surface area contributed by atoms with Gasteiger partial charge >= 0.3 is 0 Å². The van der Waals surface area contributed by atoms with Crippen LogP contribution in [-0.2, 0) is 4.79 Å².